The predicted molar refractivity (Wildman–Crippen MR) is 147 cm³/mol. The summed E-state index contributed by atoms with van der Waals surface area (Å²) in [6.45, 7) is 19.7. The molecule has 0 heterocycles. The lowest BCUT2D eigenvalue weighted by Crippen LogP contribution is -2.19. The number of rotatable bonds is 7. The summed E-state index contributed by atoms with van der Waals surface area (Å²) in [6, 6.07) is 13.2. The van der Waals surface area contributed by atoms with Crippen molar-refractivity contribution in [3.05, 3.63) is 69.8 Å². The minimum absolute atomic E-state index is 0.0726. The molecule has 0 aliphatic rings. The van der Waals surface area contributed by atoms with Gasteiger partial charge in [-0.25, -0.2) is 0 Å². The molecule has 0 aromatic heterocycles. The first-order valence-corrected chi connectivity index (χ1v) is 13.9. The molecular formula is C29H46O5S. The van der Waals surface area contributed by atoms with E-state index >= 15 is 0 Å². The van der Waals surface area contributed by atoms with E-state index in [1.165, 1.54) is 46.2 Å². The first-order chi connectivity index (χ1) is 15.8. The number of aryl methyl sites for hydroxylation is 4. The normalized spacial score (nSPS) is 11.6. The zero-order valence-corrected chi connectivity index (χ0v) is 24.1. The second-order valence-corrected chi connectivity index (χ2v) is 12.2. The molecule has 0 radical (unpaired) electrons. The molecule has 0 saturated heterocycles. The summed E-state index contributed by atoms with van der Waals surface area (Å²) in [7, 11) is -3.67. The number of benzene rings is 2. The van der Waals surface area contributed by atoms with Gasteiger partial charge < -0.3 is 5.11 Å². The van der Waals surface area contributed by atoms with E-state index in [0.717, 1.165) is 0 Å². The first-order valence-electron chi connectivity index (χ1n) is 12.1. The van der Waals surface area contributed by atoms with E-state index in [9.17, 15) is 13.2 Å². The van der Waals surface area contributed by atoms with Crippen molar-refractivity contribution in [2.24, 2.45) is 0 Å². The fraction of sp³-hybridized carbons (Fsp3) is 0.552. The summed E-state index contributed by atoms with van der Waals surface area (Å²) in [5, 5.41) is 8.72. The molecule has 0 spiro atoms. The van der Waals surface area contributed by atoms with Gasteiger partial charge in [0.1, 0.15) is 0 Å². The number of aliphatic carboxylic acids is 1. The van der Waals surface area contributed by atoms with Gasteiger partial charge in [0.2, 0.25) is 0 Å². The van der Waals surface area contributed by atoms with Crippen LogP contribution in [-0.4, -0.2) is 30.3 Å². The quantitative estimate of drug-likeness (QED) is 0.384. The van der Waals surface area contributed by atoms with Gasteiger partial charge >= 0.3 is 5.97 Å². The van der Waals surface area contributed by atoms with Gasteiger partial charge in [-0.15, -0.1) is 0 Å². The van der Waals surface area contributed by atoms with Gasteiger partial charge in [0.25, 0.3) is 10.1 Å². The minimum Gasteiger partial charge on any atom is -0.481 e. The Bertz CT molecular complexity index is 1060. The van der Waals surface area contributed by atoms with Crippen LogP contribution in [0.15, 0.2) is 36.4 Å². The number of carbonyl (C=O) groups is 1. The number of hydrogen-bond donors (Lipinski definition) is 2. The van der Waals surface area contributed by atoms with Gasteiger partial charge in [0.15, 0.2) is 0 Å². The van der Waals surface area contributed by atoms with Crippen LogP contribution in [-0.2, 0) is 25.7 Å². The topological polar surface area (TPSA) is 91.7 Å². The highest BCUT2D eigenvalue weighted by atomic mass is 32.2. The molecule has 0 saturated carbocycles. The van der Waals surface area contributed by atoms with Crippen molar-refractivity contribution >= 4 is 16.1 Å². The molecular weight excluding hydrogens is 460 g/mol. The zero-order valence-electron chi connectivity index (χ0n) is 23.3. The van der Waals surface area contributed by atoms with Crippen molar-refractivity contribution in [1.82, 2.24) is 0 Å². The molecule has 6 heteroatoms. The van der Waals surface area contributed by atoms with Gasteiger partial charge in [-0.1, -0.05) is 77.4 Å². The van der Waals surface area contributed by atoms with Crippen LogP contribution in [0, 0.1) is 27.7 Å². The van der Waals surface area contributed by atoms with Crippen molar-refractivity contribution in [2.75, 3.05) is 6.26 Å². The van der Waals surface area contributed by atoms with E-state index in [2.05, 4.69) is 98.7 Å². The maximum atomic E-state index is 10.6. The smallest absolute Gasteiger partial charge is 0.303 e. The average molecular weight is 507 g/mol. The van der Waals surface area contributed by atoms with Crippen LogP contribution < -0.4 is 0 Å². The molecule has 0 aliphatic heterocycles. The SMILES string of the molecule is CCCC(C)(C)c1ccc(C)c(C)c1.CS(=O)(=O)O.Cc1ccc(C(C)(C)CCC(=O)O)cc1C. The van der Waals surface area contributed by atoms with E-state index in [1.54, 1.807) is 0 Å². The molecule has 0 aliphatic carbocycles. The Morgan fingerprint density at radius 3 is 1.40 bits per heavy atom. The van der Waals surface area contributed by atoms with Crippen LogP contribution in [0.25, 0.3) is 0 Å². The lowest BCUT2D eigenvalue weighted by Gasteiger charge is -2.25. The van der Waals surface area contributed by atoms with Crippen LogP contribution in [0.3, 0.4) is 0 Å². The molecule has 2 aromatic rings. The Kier molecular flexibility index (Phi) is 12.9. The fourth-order valence-electron chi connectivity index (χ4n) is 3.66. The van der Waals surface area contributed by atoms with Gasteiger partial charge in [-0.05, 0) is 84.7 Å². The van der Waals surface area contributed by atoms with Gasteiger partial charge in [0.05, 0.1) is 6.26 Å². The largest absolute Gasteiger partial charge is 0.481 e. The highest BCUT2D eigenvalue weighted by Gasteiger charge is 2.22. The molecule has 35 heavy (non-hydrogen) atoms. The maximum absolute atomic E-state index is 10.6. The van der Waals surface area contributed by atoms with Crippen molar-refractivity contribution < 1.29 is 22.9 Å². The predicted octanol–water partition coefficient (Wildman–Crippen LogP) is 7.33. The Balaban J connectivity index is 0.000000558. The average Bonchev–Trinajstić information content (AvgIpc) is 2.69. The highest BCUT2D eigenvalue weighted by molar-refractivity contribution is 7.85. The van der Waals surface area contributed by atoms with Crippen molar-refractivity contribution in [3.63, 3.8) is 0 Å². The Hall–Kier alpha value is -2.18. The Morgan fingerprint density at radius 2 is 1.11 bits per heavy atom. The third-order valence-corrected chi connectivity index (χ3v) is 6.42. The van der Waals surface area contributed by atoms with Crippen LogP contribution in [0.2, 0.25) is 0 Å². The molecule has 0 amide bonds. The number of hydrogen-bond acceptors (Lipinski definition) is 3. The first kappa shape index (κ1) is 32.8. The van der Waals surface area contributed by atoms with Crippen molar-refractivity contribution in [1.29, 1.82) is 0 Å². The van der Waals surface area contributed by atoms with Crippen LogP contribution in [0.4, 0.5) is 0 Å². The summed E-state index contributed by atoms with van der Waals surface area (Å²) in [5.74, 6) is -0.725. The lowest BCUT2D eigenvalue weighted by molar-refractivity contribution is -0.137. The third kappa shape index (κ3) is 13.5. The lowest BCUT2D eigenvalue weighted by atomic mass is 9.79. The van der Waals surface area contributed by atoms with E-state index in [0.29, 0.717) is 18.1 Å². The third-order valence-electron chi connectivity index (χ3n) is 6.42. The molecule has 0 fully saturated rings. The molecule has 2 aromatic carbocycles. The molecule has 2 rings (SSSR count). The van der Waals surface area contributed by atoms with Gasteiger partial charge in [0, 0.05) is 6.42 Å². The molecule has 2 N–H and O–H groups in total. The second-order valence-electron chi connectivity index (χ2n) is 10.7. The minimum atomic E-state index is -3.67. The number of carboxylic acid groups (broad SMARTS) is 1. The standard InChI is InChI=1S/C14H20O2.C14H22.CH4O3S/c1-10-5-6-12(9-11(10)2)14(3,4)8-7-13(15)16;1-6-9-14(4,5)13-8-7-11(2)12(3)10-13;1-5(2,3)4/h5-6,9H,7-8H2,1-4H3,(H,15,16);7-8,10H,6,9H2,1-5H3;1H3,(H,2,3,4). The molecule has 0 atom stereocenters. The Morgan fingerprint density at radius 1 is 0.771 bits per heavy atom. The van der Waals surface area contributed by atoms with E-state index in [-0.39, 0.29) is 11.8 Å². The second kappa shape index (κ2) is 13.8. The summed E-state index contributed by atoms with van der Waals surface area (Å²) in [5.41, 5.74) is 8.29. The summed E-state index contributed by atoms with van der Waals surface area (Å²) in [4.78, 5) is 10.6. The number of carboxylic acids is 1. The van der Waals surface area contributed by atoms with Crippen molar-refractivity contribution in [3.8, 4) is 0 Å². The maximum Gasteiger partial charge on any atom is 0.303 e. The summed E-state index contributed by atoms with van der Waals surface area (Å²) >= 11 is 0. The summed E-state index contributed by atoms with van der Waals surface area (Å²) in [6.07, 6.45) is 4.12. The van der Waals surface area contributed by atoms with Crippen LogP contribution in [0.5, 0.6) is 0 Å². The molecule has 0 unspecified atom stereocenters. The molecule has 5 nitrogen and oxygen atoms in total. The fourth-order valence-corrected chi connectivity index (χ4v) is 3.66. The Labute approximate surface area is 213 Å². The van der Waals surface area contributed by atoms with E-state index < -0.39 is 16.1 Å². The van der Waals surface area contributed by atoms with Crippen molar-refractivity contribution in [2.45, 2.75) is 98.8 Å². The zero-order chi connectivity index (χ0) is 27.6. The summed E-state index contributed by atoms with van der Waals surface area (Å²) < 4.78 is 25.9. The monoisotopic (exact) mass is 506 g/mol. The molecule has 0 bridgehead atoms. The van der Waals surface area contributed by atoms with Gasteiger partial charge in [-0.3, -0.25) is 9.35 Å². The van der Waals surface area contributed by atoms with Gasteiger partial charge in [-0.2, -0.15) is 8.42 Å². The van der Waals surface area contributed by atoms with Crippen LogP contribution in [0.1, 0.15) is 93.7 Å². The highest BCUT2D eigenvalue weighted by Crippen LogP contribution is 2.30. The van der Waals surface area contributed by atoms with Crippen LogP contribution >= 0.6 is 0 Å². The van der Waals surface area contributed by atoms with E-state index in [1.807, 2.05) is 0 Å². The van der Waals surface area contributed by atoms with E-state index in [4.69, 9.17) is 9.66 Å². The molecule has 198 valence electrons.